The average molecular weight is 160 g/mol. The zero-order chi connectivity index (χ0) is 8.39. The first kappa shape index (κ1) is 7.03. The van der Waals surface area contributed by atoms with Gasteiger partial charge in [0.25, 0.3) is 0 Å². The molecule has 3 nitrogen and oxygen atoms in total. The Labute approximate surface area is 70.1 Å². The Morgan fingerprint density at radius 3 is 2.75 bits per heavy atom. The standard InChI is InChI=1S/C9H8N2O/c1-7-11-6-9(12-7)8-4-2-3-5-10-8/h2-6H,1H3. The molecule has 0 aromatic carbocycles. The third kappa shape index (κ3) is 1.21. The molecule has 0 aliphatic heterocycles. The van der Waals surface area contributed by atoms with E-state index < -0.39 is 0 Å². The van der Waals surface area contributed by atoms with Crippen LogP contribution in [0.5, 0.6) is 0 Å². The van der Waals surface area contributed by atoms with E-state index in [0.717, 1.165) is 5.69 Å². The average Bonchev–Trinajstić information content (AvgIpc) is 2.54. The van der Waals surface area contributed by atoms with Gasteiger partial charge in [0, 0.05) is 13.1 Å². The summed E-state index contributed by atoms with van der Waals surface area (Å²) in [6.45, 7) is 1.81. The zero-order valence-electron chi connectivity index (χ0n) is 6.69. The molecule has 0 fully saturated rings. The summed E-state index contributed by atoms with van der Waals surface area (Å²) in [6, 6.07) is 5.67. The fourth-order valence-corrected chi connectivity index (χ4v) is 0.988. The molecule has 0 N–H and O–H groups in total. The molecular formula is C9H8N2O. The number of aromatic nitrogens is 2. The molecule has 0 aliphatic carbocycles. The molecule has 0 bridgehead atoms. The number of hydrogen-bond acceptors (Lipinski definition) is 3. The zero-order valence-corrected chi connectivity index (χ0v) is 6.69. The van der Waals surface area contributed by atoms with Crippen molar-refractivity contribution in [1.29, 1.82) is 0 Å². The van der Waals surface area contributed by atoms with E-state index in [1.54, 1.807) is 12.4 Å². The molecule has 0 saturated heterocycles. The van der Waals surface area contributed by atoms with Gasteiger partial charge < -0.3 is 4.42 Å². The molecule has 2 aromatic rings. The van der Waals surface area contributed by atoms with E-state index in [1.165, 1.54) is 0 Å². The molecular weight excluding hydrogens is 152 g/mol. The summed E-state index contributed by atoms with van der Waals surface area (Å²) in [5.74, 6) is 1.38. The Morgan fingerprint density at radius 1 is 1.25 bits per heavy atom. The van der Waals surface area contributed by atoms with E-state index in [-0.39, 0.29) is 0 Å². The lowest BCUT2D eigenvalue weighted by atomic mass is 10.3. The van der Waals surface area contributed by atoms with E-state index in [0.29, 0.717) is 11.7 Å². The van der Waals surface area contributed by atoms with Crippen LogP contribution in [0.1, 0.15) is 5.89 Å². The van der Waals surface area contributed by atoms with Crippen LogP contribution < -0.4 is 0 Å². The van der Waals surface area contributed by atoms with E-state index in [1.807, 2.05) is 25.1 Å². The quantitative estimate of drug-likeness (QED) is 0.640. The lowest BCUT2D eigenvalue weighted by molar-refractivity contribution is 0.532. The number of nitrogens with zero attached hydrogens (tertiary/aromatic N) is 2. The molecule has 0 amide bonds. The highest BCUT2D eigenvalue weighted by atomic mass is 16.4. The second kappa shape index (κ2) is 2.77. The van der Waals surface area contributed by atoms with Gasteiger partial charge in [0.1, 0.15) is 5.69 Å². The normalized spacial score (nSPS) is 10.1. The second-order valence-electron chi connectivity index (χ2n) is 2.46. The molecule has 0 aliphatic rings. The van der Waals surface area contributed by atoms with Crippen molar-refractivity contribution in [3.05, 3.63) is 36.5 Å². The van der Waals surface area contributed by atoms with Crippen molar-refractivity contribution in [2.24, 2.45) is 0 Å². The van der Waals surface area contributed by atoms with Gasteiger partial charge >= 0.3 is 0 Å². The number of aryl methyl sites for hydroxylation is 1. The summed E-state index contributed by atoms with van der Waals surface area (Å²) in [6.07, 6.45) is 3.41. The van der Waals surface area contributed by atoms with Gasteiger partial charge in [0.2, 0.25) is 0 Å². The highest BCUT2D eigenvalue weighted by molar-refractivity contribution is 5.49. The first-order valence-electron chi connectivity index (χ1n) is 3.70. The number of hydrogen-bond donors (Lipinski definition) is 0. The monoisotopic (exact) mass is 160 g/mol. The van der Waals surface area contributed by atoms with Crippen LogP contribution in [0, 0.1) is 6.92 Å². The Bertz CT molecular complexity index is 367. The van der Waals surface area contributed by atoms with Gasteiger partial charge in [-0.2, -0.15) is 0 Å². The van der Waals surface area contributed by atoms with Crippen LogP contribution in [-0.2, 0) is 0 Å². The number of oxazole rings is 1. The first-order chi connectivity index (χ1) is 5.86. The van der Waals surface area contributed by atoms with E-state index in [9.17, 15) is 0 Å². The van der Waals surface area contributed by atoms with Gasteiger partial charge in [0.15, 0.2) is 11.7 Å². The van der Waals surface area contributed by atoms with Gasteiger partial charge in [-0.1, -0.05) is 6.07 Å². The highest BCUT2D eigenvalue weighted by Crippen LogP contribution is 2.16. The third-order valence-corrected chi connectivity index (χ3v) is 1.54. The van der Waals surface area contributed by atoms with Crippen molar-refractivity contribution in [3.8, 4) is 11.5 Å². The summed E-state index contributed by atoms with van der Waals surface area (Å²) in [7, 11) is 0. The maximum absolute atomic E-state index is 5.30. The van der Waals surface area contributed by atoms with Crippen molar-refractivity contribution in [3.63, 3.8) is 0 Å². The minimum Gasteiger partial charge on any atom is -0.439 e. The van der Waals surface area contributed by atoms with Gasteiger partial charge in [0.05, 0.1) is 6.20 Å². The second-order valence-corrected chi connectivity index (χ2v) is 2.46. The molecule has 0 unspecified atom stereocenters. The minimum absolute atomic E-state index is 0.663. The first-order valence-corrected chi connectivity index (χ1v) is 3.70. The van der Waals surface area contributed by atoms with Crippen LogP contribution in [0.15, 0.2) is 35.0 Å². The third-order valence-electron chi connectivity index (χ3n) is 1.54. The molecule has 0 radical (unpaired) electrons. The van der Waals surface area contributed by atoms with Crippen molar-refractivity contribution >= 4 is 0 Å². The molecule has 0 spiro atoms. The molecule has 2 heterocycles. The minimum atomic E-state index is 0.663. The molecule has 0 atom stereocenters. The van der Waals surface area contributed by atoms with Crippen molar-refractivity contribution < 1.29 is 4.42 Å². The molecule has 0 saturated carbocycles. The highest BCUT2D eigenvalue weighted by Gasteiger charge is 2.02. The number of pyridine rings is 1. The Kier molecular flexibility index (Phi) is 1.63. The lowest BCUT2D eigenvalue weighted by Crippen LogP contribution is -1.76. The van der Waals surface area contributed by atoms with Crippen molar-refractivity contribution in [1.82, 2.24) is 9.97 Å². The van der Waals surface area contributed by atoms with Gasteiger partial charge in [-0.3, -0.25) is 4.98 Å². The summed E-state index contributed by atoms with van der Waals surface area (Å²) in [5.41, 5.74) is 0.818. The Morgan fingerprint density at radius 2 is 2.17 bits per heavy atom. The largest absolute Gasteiger partial charge is 0.439 e. The maximum Gasteiger partial charge on any atom is 0.191 e. The van der Waals surface area contributed by atoms with Crippen molar-refractivity contribution in [2.75, 3.05) is 0 Å². The lowest BCUT2D eigenvalue weighted by Gasteiger charge is -1.91. The summed E-state index contributed by atoms with van der Waals surface area (Å²) in [5, 5.41) is 0. The van der Waals surface area contributed by atoms with Gasteiger partial charge in [-0.05, 0) is 12.1 Å². The SMILES string of the molecule is Cc1ncc(-c2ccccn2)o1. The maximum atomic E-state index is 5.30. The fourth-order valence-electron chi connectivity index (χ4n) is 0.988. The van der Waals surface area contributed by atoms with Crippen LogP contribution in [0.3, 0.4) is 0 Å². The molecule has 3 heteroatoms. The summed E-state index contributed by atoms with van der Waals surface area (Å²) in [4.78, 5) is 8.11. The number of rotatable bonds is 1. The van der Waals surface area contributed by atoms with E-state index >= 15 is 0 Å². The van der Waals surface area contributed by atoms with Gasteiger partial charge in [-0.25, -0.2) is 4.98 Å². The Balaban J connectivity index is 2.45. The van der Waals surface area contributed by atoms with Crippen molar-refractivity contribution in [2.45, 2.75) is 6.92 Å². The predicted octanol–water partition coefficient (Wildman–Crippen LogP) is 2.05. The van der Waals surface area contributed by atoms with Crippen LogP contribution >= 0.6 is 0 Å². The fraction of sp³-hybridized carbons (Fsp3) is 0.111. The molecule has 12 heavy (non-hydrogen) atoms. The summed E-state index contributed by atoms with van der Waals surface area (Å²) < 4.78 is 5.30. The smallest absolute Gasteiger partial charge is 0.191 e. The van der Waals surface area contributed by atoms with Crippen LogP contribution in [0.4, 0.5) is 0 Å². The molecule has 2 aromatic heterocycles. The van der Waals surface area contributed by atoms with E-state index in [4.69, 9.17) is 4.42 Å². The summed E-state index contributed by atoms with van der Waals surface area (Å²) >= 11 is 0. The van der Waals surface area contributed by atoms with E-state index in [2.05, 4.69) is 9.97 Å². The van der Waals surface area contributed by atoms with Crippen LogP contribution in [0.25, 0.3) is 11.5 Å². The predicted molar refractivity (Wildman–Crippen MR) is 44.5 cm³/mol. The molecule has 60 valence electrons. The van der Waals surface area contributed by atoms with Gasteiger partial charge in [-0.15, -0.1) is 0 Å². The Hall–Kier alpha value is -1.64. The topological polar surface area (TPSA) is 38.9 Å². The van der Waals surface area contributed by atoms with Crippen LogP contribution in [0.2, 0.25) is 0 Å². The van der Waals surface area contributed by atoms with Crippen LogP contribution in [-0.4, -0.2) is 9.97 Å². The molecule has 2 rings (SSSR count).